The second-order valence-electron chi connectivity index (χ2n) is 2.98. The smallest absolute Gasteiger partial charge is 0.220 e. The molecule has 0 aromatic carbocycles. The van der Waals surface area contributed by atoms with Gasteiger partial charge in [-0.25, -0.2) is 4.99 Å². The quantitative estimate of drug-likeness (QED) is 0.357. The Hall–Kier alpha value is -1.59. The predicted molar refractivity (Wildman–Crippen MR) is 53.5 cm³/mol. The second kappa shape index (κ2) is 3.88. The van der Waals surface area contributed by atoms with Gasteiger partial charge in [0.2, 0.25) is 5.96 Å². The summed E-state index contributed by atoms with van der Waals surface area (Å²) in [6.07, 6.45) is 2.62. The lowest BCUT2D eigenvalue weighted by molar-refractivity contribution is 0.522. The number of nitrogens with zero attached hydrogens (tertiary/aromatic N) is 3. The van der Waals surface area contributed by atoms with E-state index in [9.17, 15) is 0 Å². The largest absolute Gasteiger partial charge is 0.370 e. The van der Waals surface area contributed by atoms with Crippen LogP contribution in [0.3, 0.4) is 0 Å². The maximum Gasteiger partial charge on any atom is 0.220 e. The highest BCUT2D eigenvalue weighted by Gasteiger charge is 2.18. The molecule has 6 heteroatoms. The van der Waals surface area contributed by atoms with Crippen LogP contribution in [-0.2, 0) is 0 Å². The maximum absolute atomic E-state index is 5.45. The van der Waals surface area contributed by atoms with Crippen molar-refractivity contribution in [3.05, 3.63) is 0 Å². The molecule has 6 N–H and O–H groups in total. The van der Waals surface area contributed by atoms with Crippen molar-refractivity contribution in [2.45, 2.75) is 19.5 Å². The van der Waals surface area contributed by atoms with E-state index in [4.69, 9.17) is 17.2 Å². The van der Waals surface area contributed by atoms with Crippen LogP contribution in [0.15, 0.2) is 15.0 Å². The molecule has 72 valence electrons. The number of hydrogen-bond donors (Lipinski definition) is 3. The molecule has 1 aliphatic rings. The normalized spacial score (nSPS) is 27.6. The average molecular weight is 182 g/mol. The van der Waals surface area contributed by atoms with E-state index in [0.717, 1.165) is 6.42 Å². The lowest BCUT2D eigenvalue weighted by atomic mass is 10.1. The van der Waals surface area contributed by atoms with E-state index in [2.05, 4.69) is 15.0 Å². The van der Waals surface area contributed by atoms with Crippen molar-refractivity contribution in [3.63, 3.8) is 0 Å². The molecule has 0 aliphatic carbocycles. The Labute approximate surface area is 76.6 Å². The molecule has 1 aliphatic heterocycles. The molecule has 0 radical (unpaired) electrons. The molecule has 0 fully saturated rings. The third-order valence-corrected chi connectivity index (χ3v) is 1.75. The molecule has 0 saturated heterocycles. The standard InChI is InChI=1S/C7H14N6/c1-4-2-3-11-5(4)12-7(10)13-6(8)9/h3-5H,2H2,1H3,(H6,8,9,10,12,13). The maximum atomic E-state index is 5.45. The highest BCUT2D eigenvalue weighted by atomic mass is 15.2. The van der Waals surface area contributed by atoms with Crippen molar-refractivity contribution in [2.75, 3.05) is 0 Å². The van der Waals surface area contributed by atoms with Gasteiger partial charge in [-0.3, -0.25) is 4.99 Å². The van der Waals surface area contributed by atoms with Gasteiger partial charge in [0.25, 0.3) is 0 Å². The zero-order valence-corrected chi connectivity index (χ0v) is 7.51. The fourth-order valence-corrected chi connectivity index (χ4v) is 1.06. The lowest BCUT2D eigenvalue weighted by Crippen LogP contribution is -2.27. The fourth-order valence-electron chi connectivity index (χ4n) is 1.06. The molecule has 0 saturated carbocycles. The Morgan fingerprint density at radius 1 is 1.46 bits per heavy atom. The summed E-state index contributed by atoms with van der Waals surface area (Å²) in [5.41, 5.74) is 15.7. The monoisotopic (exact) mass is 182 g/mol. The third kappa shape index (κ3) is 2.73. The molecule has 6 nitrogen and oxygen atoms in total. The van der Waals surface area contributed by atoms with Gasteiger partial charge in [0.1, 0.15) is 6.17 Å². The van der Waals surface area contributed by atoms with Crippen LogP contribution in [0.25, 0.3) is 0 Å². The van der Waals surface area contributed by atoms with Gasteiger partial charge in [-0.05, 0) is 6.42 Å². The third-order valence-electron chi connectivity index (χ3n) is 1.75. The van der Waals surface area contributed by atoms with Crippen molar-refractivity contribution in [1.29, 1.82) is 0 Å². The van der Waals surface area contributed by atoms with E-state index in [1.54, 1.807) is 0 Å². The topological polar surface area (TPSA) is 115 Å². The molecule has 2 atom stereocenters. The van der Waals surface area contributed by atoms with E-state index in [1.807, 2.05) is 13.1 Å². The first-order valence-electron chi connectivity index (χ1n) is 4.04. The van der Waals surface area contributed by atoms with Crippen LogP contribution >= 0.6 is 0 Å². The summed E-state index contributed by atoms with van der Waals surface area (Å²) in [4.78, 5) is 11.8. The summed E-state index contributed by atoms with van der Waals surface area (Å²) < 4.78 is 0. The van der Waals surface area contributed by atoms with Crippen LogP contribution in [0.1, 0.15) is 13.3 Å². The van der Waals surface area contributed by atoms with Crippen LogP contribution < -0.4 is 17.2 Å². The molecule has 0 amide bonds. The summed E-state index contributed by atoms with van der Waals surface area (Å²) in [5.74, 6) is 0.361. The van der Waals surface area contributed by atoms with E-state index >= 15 is 0 Å². The summed E-state index contributed by atoms with van der Waals surface area (Å²) in [7, 11) is 0. The minimum absolute atomic E-state index is 0.0795. The molecule has 0 bridgehead atoms. The molecule has 1 rings (SSSR count). The second-order valence-corrected chi connectivity index (χ2v) is 2.98. The Kier molecular flexibility index (Phi) is 2.84. The van der Waals surface area contributed by atoms with E-state index < -0.39 is 0 Å². The number of nitrogens with two attached hydrogens (primary N) is 3. The van der Waals surface area contributed by atoms with Crippen LogP contribution in [0, 0.1) is 5.92 Å². The first kappa shape index (κ1) is 9.50. The highest BCUT2D eigenvalue weighted by molar-refractivity contribution is 5.92. The molecule has 2 unspecified atom stereocenters. The first-order valence-corrected chi connectivity index (χ1v) is 4.04. The Balaban J connectivity index is 2.64. The van der Waals surface area contributed by atoms with Gasteiger partial charge >= 0.3 is 0 Å². The summed E-state index contributed by atoms with van der Waals surface area (Å²) in [6.45, 7) is 2.05. The fraction of sp³-hybridized carbons (Fsp3) is 0.571. The van der Waals surface area contributed by atoms with Gasteiger partial charge in [0, 0.05) is 12.1 Å². The van der Waals surface area contributed by atoms with Crippen molar-refractivity contribution >= 4 is 18.1 Å². The molecule has 1 heterocycles. The van der Waals surface area contributed by atoms with E-state index in [1.165, 1.54) is 0 Å². The van der Waals surface area contributed by atoms with Gasteiger partial charge in [-0.2, -0.15) is 4.99 Å². The number of guanidine groups is 2. The van der Waals surface area contributed by atoms with Gasteiger partial charge in [0.05, 0.1) is 0 Å². The molecular weight excluding hydrogens is 168 g/mol. The van der Waals surface area contributed by atoms with Gasteiger partial charge < -0.3 is 17.2 Å². The van der Waals surface area contributed by atoms with Crippen molar-refractivity contribution in [3.8, 4) is 0 Å². The Morgan fingerprint density at radius 2 is 2.15 bits per heavy atom. The molecule has 13 heavy (non-hydrogen) atoms. The van der Waals surface area contributed by atoms with Crippen LogP contribution in [0.4, 0.5) is 0 Å². The van der Waals surface area contributed by atoms with Gasteiger partial charge in [0.15, 0.2) is 5.96 Å². The molecular formula is C7H14N6. The van der Waals surface area contributed by atoms with Crippen LogP contribution in [-0.4, -0.2) is 24.3 Å². The van der Waals surface area contributed by atoms with Gasteiger partial charge in [-0.15, -0.1) is 0 Å². The number of rotatable bonds is 1. The van der Waals surface area contributed by atoms with Crippen molar-refractivity contribution in [2.24, 2.45) is 38.1 Å². The Morgan fingerprint density at radius 3 is 2.62 bits per heavy atom. The SMILES string of the molecule is CC1CC=NC1N=C(N)N=C(N)N. The minimum Gasteiger partial charge on any atom is -0.370 e. The summed E-state index contributed by atoms with van der Waals surface area (Å²) >= 11 is 0. The predicted octanol–water partition coefficient (Wildman–Crippen LogP) is -0.989. The lowest BCUT2D eigenvalue weighted by Gasteiger charge is -2.07. The van der Waals surface area contributed by atoms with Gasteiger partial charge in [-0.1, -0.05) is 6.92 Å². The van der Waals surface area contributed by atoms with E-state index in [0.29, 0.717) is 5.92 Å². The van der Waals surface area contributed by atoms with Crippen LogP contribution in [0.2, 0.25) is 0 Å². The summed E-state index contributed by atoms with van der Waals surface area (Å²) in [6, 6.07) is 0. The Bertz CT molecular complexity index is 262. The highest BCUT2D eigenvalue weighted by Crippen LogP contribution is 2.17. The average Bonchev–Trinajstić information content (AvgIpc) is 2.34. The van der Waals surface area contributed by atoms with Crippen molar-refractivity contribution < 1.29 is 0 Å². The minimum atomic E-state index is -0.136. The molecule has 0 aromatic rings. The number of aliphatic imine (C=N–C) groups is 3. The zero-order chi connectivity index (χ0) is 9.84. The van der Waals surface area contributed by atoms with Crippen molar-refractivity contribution in [1.82, 2.24) is 0 Å². The first-order chi connectivity index (χ1) is 6.09. The zero-order valence-electron chi connectivity index (χ0n) is 7.51. The molecule has 0 spiro atoms. The van der Waals surface area contributed by atoms with E-state index in [-0.39, 0.29) is 18.1 Å². The number of hydrogen-bond acceptors (Lipinski definition) is 2. The summed E-state index contributed by atoms with van der Waals surface area (Å²) in [5, 5.41) is 0. The van der Waals surface area contributed by atoms with Crippen LogP contribution in [0.5, 0.6) is 0 Å². The molecule has 0 aromatic heterocycles.